The predicted molar refractivity (Wildman–Crippen MR) is 101 cm³/mol. The standard InChI is InChI=1S/C22H15NO6/c23-20(26)8-11-1-4-14-17(7-11)22(29-21(14)27)15-5-2-12(24)9-18(15)28-19-10-13(25)3-6-16(19)22/h1-7,9-10,24-25H,8H2,(H2,23,26). The third-order valence-corrected chi connectivity index (χ3v) is 5.22. The Kier molecular flexibility index (Phi) is 3.39. The van der Waals surface area contributed by atoms with Gasteiger partial charge in [0, 0.05) is 28.8 Å². The fourth-order valence-corrected chi connectivity index (χ4v) is 4.06. The van der Waals surface area contributed by atoms with E-state index in [9.17, 15) is 19.8 Å². The van der Waals surface area contributed by atoms with Crippen molar-refractivity contribution in [2.75, 3.05) is 0 Å². The van der Waals surface area contributed by atoms with E-state index in [1.165, 1.54) is 24.3 Å². The number of amides is 1. The van der Waals surface area contributed by atoms with Crippen LogP contribution in [0.25, 0.3) is 0 Å². The Hall–Kier alpha value is -4.00. The van der Waals surface area contributed by atoms with Gasteiger partial charge < -0.3 is 25.4 Å². The molecule has 3 aromatic carbocycles. The number of carbonyl (C=O) groups excluding carboxylic acids is 2. The van der Waals surface area contributed by atoms with E-state index >= 15 is 0 Å². The molecule has 2 aliphatic heterocycles. The van der Waals surface area contributed by atoms with Crippen LogP contribution in [0.5, 0.6) is 23.0 Å². The molecule has 7 nitrogen and oxygen atoms in total. The predicted octanol–water partition coefficient (Wildman–Crippen LogP) is 2.69. The lowest BCUT2D eigenvalue weighted by Crippen LogP contribution is -2.33. The summed E-state index contributed by atoms with van der Waals surface area (Å²) in [5.41, 5.74) is 6.59. The first-order valence-corrected chi connectivity index (χ1v) is 8.88. The highest BCUT2D eigenvalue weighted by molar-refractivity contribution is 5.97. The summed E-state index contributed by atoms with van der Waals surface area (Å²) in [5.74, 6) is -0.463. The van der Waals surface area contributed by atoms with E-state index < -0.39 is 17.5 Å². The van der Waals surface area contributed by atoms with Gasteiger partial charge in [-0.15, -0.1) is 0 Å². The average molecular weight is 389 g/mol. The van der Waals surface area contributed by atoms with Crippen LogP contribution in [0.3, 0.4) is 0 Å². The summed E-state index contributed by atoms with van der Waals surface area (Å²) in [6.07, 6.45) is 0.0128. The fourth-order valence-electron chi connectivity index (χ4n) is 4.06. The van der Waals surface area contributed by atoms with E-state index in [1.807, 2.05) is 0 Å². The zero-order valence-electron chi connectivity index (χ0n) is 15.0. The topological polar surface area (TPSA) is 119 Å². The lowest BCUT2D eigenvalue weighted by molar-refractivity contribution is -0.117. The number of hydrogen-bond donors (Lipinski definition) is 3. The van der Waals surface area contributed by atoms with Gasteiger partial charge >= 0.3 is 5.97 Å². The number of ether oxygens (including phenoxy) is 2. The molecule has 0 radical (unpaired) electrons. The molecule has 144 valence electrons. The van der Waals surface area contributed by atoms with Gasteiger partial charge in [-0.25, -0.2) is 4.79 Å². The molecule has 0 bridgehead atoms. The molecular formula is C22H15NO6. The molecule has 2 heterocycles. The number of nitrogens with two attached hydrogens (primary N) is 1. The molecule has 3 aromatic rings. The first-order chi connectivity index (χ1) is 13.9. The number of rotatable bonds is 2. The molecule has 1 spiro atoms. The molecule has 0 unspecified atom stereocenters. The van der Waals surface area contributed by atoms with E-state index in [0.717, 1.165) is 0 Å². The number of aromatic hydroxyl groups is 2. The van der Waals surface area contributed by atoms with Crippen molar-refractivity contribution in [3.8, 4) is 23.0 Å². The molecule has 0 aliphatic carbocycles. The van der Waals surface area contributed by atoms with Crippen LogP contribution in [0, 0.1) is 0 Å². The number of phenols is 2. The van der Waals surface area contributed by atoms with Crippen molar-refractivity contribution in [3.63, 3.8) is 0 Å². The SMILES string of the molecule is NC(=O)Cc1ccc2c(c1)C1(OC2=O)c2ccc(O)cc2Oc2cc(O)ccc21. The first kappa shape index (κ1) is 17.1. The number of hydrogen-bond acceptors (Lipinski definition) is 6. The lowest BCUT2D eigenvalue weighted by atomic mass is 9.77. The van der Waals surface area contributed by atoms with E-state index in [1.54, 1.807) is 30.3 Å². The summed E-state index contributed by atoms with van der Waals surface area (Å²) in [6.45, 7) is 0. The second-order valence-corrected chi connectivity index (χ2v) is 7.06. The number of carbonyl (C=O) groups is 2. The van der Waals surface area contributed by atoms with Crippen LogP contribution < -0.4 is 10.5 Å². The van der Waals surface area contributed by atoms with Crippen molar-refractivity contribution >= 4 is 11.9 Å². The van der Waals surface area contributed by atoms with E-state index in [2.05, 4.69) is 0 Å². The number of primary amides is 1. The Morgan fingerprint density at radius 3 is 2.10 bits per heavy atom. The first-order valence-electron chi connectivity index (χ1n) is 8.88. The molecule has 0 saturated carbocycles. The van der Waals surface area contributed by atoms with Crippen LogP contribution in [-0.4, -0.2) is 22.1 Å². The quantitative estimate of drug-likeness (QED) is 0.580. The van der Waals surface area contributed by atoms with Gasteiger partial charge in [-0.1, -0.05) is 6.07 Å². The van der Waals surface area contributed by atoms with Gasteiger partial charge in [-0.2, -0.15) is 0 Å². The van der Waals surface area contributed by atoms with Gasteiger partial charge in [-0.05, 0) is 42.0 Å². The van der Waals surface area contributed by atoms with Gasteiger partial charge in [0.05, 0.1) is 12.0 Å². The van der Waals surface area contributed by atoms with E-state index in [4.69, 9.17) is 15.2 Å². The van der Waals surface area contributed by atoms with Crippen LogP contribution in [0.4, 0.5) is 0 Å². The van der Waals surface area contributed by atoms with Crippen LogP contribution in [-0.2, 0) is 21.6 Å². The second-order valence-electron chi connectivity index (χ2n) is 7.06. The van der Waals surface area contributed by atoms with Crippen molar-refractivity contribution in [2.45, 2.75) is 12.0 Å². The molecule has 1 amide bonds. The van der Waals surface area contributed by atoms with Crippen LogP contribution in [0.2, 0.25) is 0 Å². The summed E-state index contributed by atoms with van der Waals surface area (Å²) in [7, 11) is 0. The number of phenolic OH excluding ortho intramolecular Hbond substituents is 2. The van der Waals surface area contributed by atoms with Gasteiger partial charge in [0.1, 0.15) is 23.0 Å². The van der Waals surface area contributed by atoms with Gasteiger partial charge in [-0.3, -0.25) is 4.79 Å². The highest BCUT2D eigenvalue weighted by Gasteiger charge is 2.53. The smallest absolute Gasteiger partial charge is 0.340 e. The third-order valence-electron chi connectivity index (χ3n) is 5.22. The average Bonchev–Trinajstić information content (AvgIpc) is 2.93. The summed E-state index contributed by atoms with van der Waals surface area (Å²) >= 11 is 0. The molecule has 4 N–H and O–H groups in total. The largest absolute Gasteiger partial charge is 0.508 e. The molecule has 29 heavy (non-hydrogen) atoms. The third kappa shape index (κ3) is 2.37. The van der Waals surface area contributed by atoms with Crippen LogP contribution in [0.1, 0.15) is 32.6 Å². The van der Waals surface area contributed by atoms with Gasteiger partial charge in [0.2, 0.25) is 5.91 Å². The van der Waals surface area contributed by atoms with Crippen LogP contribution >= 0.6 is 0 Å². The Bertz CT molecular complexity index is 1160. The van der Waals surface area contributed by atoms with E-state index in [-0.39, 0.29) is 17.9 Å². The minimum Gasteiger partial charge on any atom is -0.508 e. The monoisotopic (exact) mass is 389 g/mol. The second kappa shape index (κ2) is 5.75. The summed E-state index contributed by atoms with van der Waals surface area (Å²) in [6, 6.07) is 14.1. The van der Waals surface area contributed by atoms with Crippen molar-refractivity contribution in [1.29, 1.82) is 0 Å². The van der Waals surface area contributed by atoms with Crippen molar-refractivity contribution in [3.05, 3.63) is 82.4 Å². The number of benzene rings is 3. The summed E-state index contributed by atoms with van der Waals surface area (Å²) in [5, 5.41) is 19.8. The highest BCUT2D eigenvalue weighted by atomic mass is 16.6. The molecule has 5 rings (SSSR count). The van der Waals surface area contributed by atoms with Gasteiger partial charge in [0.15, 0.2) is 5.60 Å². The zero-order valence-corrected chi connectivity index (χ0v) is 15.0. The molecular weight excluding hydrogens is 374 g/mol. The molecule has 0 saturated heterocycles. The Labute approximate surface area is 164 Å². The zero-order chi connectivity index (χ0) is 20.3. The minimum atomic E-state index is -1.34. The fraction of sp³-hybridized carbons (Fsp3) is 0.0909. The molecule has 2 aliphatic rings. The van der Waals surface area contributed by atoms with Gasteiger partial charge in [0.25, 0.3) is 0 Å². The van der Waals surface area contributed by atoms with Crippen molar-refractivity contribution in [1.82, 2.24) is 0 Å². The maximum atomic E-state index is 12.8. The summed E-state index contributed by atoms with van der Waals surface area (Å²) < 4.78 is 11.8. The molecule has 0 atom stereocenters. The lowest BCUT2D eigenvalue weighted by Gasteiger charge is -2.36. The Morgan fingerprint density at radius 1 is 0.897 bits per heavy atom. The van der Waals surface area contributed by atoms with Crippen molar-refractivity contribution < 1.29 is 29.3 Å². The Morgan fingerprint density at radius 2 is 1.52 bits per heavy atom. The molecule has 0 fully saturated rings. The maximum absolute atomic E-state index is 12.8. The number of esters is 1. The van der Waals surface area contributed by atoms with E-state index in [0.29, 0.717) is 39.3 Å². The number of fused-ring (bicyclic) bond motifs is 6. The highest BCUT2D eigenvalue weighted by Crippen LogP contribution is 2.57. The van der Waals surface area contributed by atoms with Crippen molar-refractivity contribution in [2.24, 2.45) is 5.73 Å². The summed E-state index contributed by atoms with van der Waals surface area (Å²) in [4.78, 5) is 24.2. The molecule has 7 heteroatoms. The molecule has 0 aromatic heterocycles. The Balaban J connectivity index is 1.85. The maximum Gasteiger partial charge on any atom is 0.340 e. The minimum absolute atomic E-state index is 0.0128. The normalized spacial score (nSPS) is 15.1. The van der Waals surface area contributed by atoms with Crippen LogP contribution in [0.15, 0.2) is 54.6 Å².